The zero-order chi connectivity index (χ0) is 25.3. The minimum Gasteiger partial charge on any atom is -0.481 e. The van der Waals surface area contributed by atoms with E-state index in [4.69, 9.17) is 11.6 Å². The number of H-pyrrole nitrogens is 1. The van der Waals surface area contributed by atoms with Gasteiger partial charge in [0, 0.05) is 24.5 Å². The molecule has 2 N–H and O–H groups in total. The molecular formula is C25H26ClN5O4. The van der Waals surface area contributed by atoms with E-state index in [0.29, 0.717) is 30.0 Å². The van der Waals surface area contributed by atoms with Gasteiger partial charge in [0.15, 0.2) is 11.5 Å². The van der Waals surface area contributed by atoms with Crippen molar-refractivity contribution in [3.8, 4) is 11.5 Å². The molecule has 2 aromatic rings. The lowest BCUT2D eigenvalue weighted by Gasteiger charge is -2.33. The summed E-state index contributed by atoms with van der Waals surface area (Å²) in [5.74, 6) is -0.687. The number of hydrogen-bond acceptors (Lipinski definition) is 6. The van der Waals surface area contributed by atoms with Crippen molar-refractivity contribution in [2.75, 3.05) is 6.54 Å². The van der Waals surface area contributed by atoms with Crippen molar-refractivity contribution in [3.63, 3.8) is 0 Å². The van der Waals surface area contributed by atoms with E-state index >= 15 is 0 Å². The molecule has 0 bridgehead atoms. The number of carbonyl (C=O) groups is 1. The summed E-state index contributed by atoms with van der Waals surface area (Å²) in [5, 5.41) is 9.80. The van der Waals surface area contributed by atoms with Crippen molar-refractivity contribution < 1.29 is 9.90 Å². The Labute approximate surface area is 206 Å². The van der Waals surface area contributed by atoms with Gasteiger partial charge in [0.25, 0.3) is 5.56 Å². The van der Waals surface area contributed by atoms with Gasteiger partial charge in [-0.05, 0) is 68.1 Å². The molecule has 0 aromatic heterocycles. The van der Waals surface area contributed by atoms with Gasteiger partial charge in [-0.3, -0.25) is 19.5 Å². The molecule has 35 heavy (non-hydrogen) atoms. The van der Waals surface area contributed by atoms with Crippen molar-refractivity contribution in [2.24, 2.45) is 0 Å². The minimum atomic E-state index is -0.869. The average molecular weight is 496 g/mol. The second-order valence-electron chi connectivity index (χ2n) is 8.68. The largest absolute Gasteiger partial charge is 0.481 e. The molecule has 1 unspecified atom stereocenters. The van der Waals surface area contributed by atoms with Crippen LogP contribution in [0.5, 0.6) is 0 Å². The summed E-state index contributed by atoms with van der Waals surface area (Å²) in [7, 11) is 0. The normalized spacial score (nSPS) is 12.5. The third kappa shape index (κ3) is 5.26. The Bertz CT molecular complexity index is 1480. The van der Waals surface area contributed by atoms with E-state index in [-0.39, 0.29) is 24.1 Å². The SMILES string of the molecule is Cc1cc2nc3c(=O)[nH]c(=O)nc-3n(C(C)N(CCCC(=O)O)Cc3ccc(Cl)cc3)c2cc1C. The molecule has 0 spiro atoms. The van der Waals surface area contributed by atoms with Crippen LogP contribution in [0.25, 0.3) is 22.6 Å². The van der Waals surface area contributed by atoms with Crippen LogP contribution in [0, 0.1) is 13.8 Å². The summed E-state index contributed by atoms with van der Waals surface area (Å²) in [6, 6.07) is 11.3. The first-order valence-corrected chi connectivity index (χ1v) is 11.7. The van der Waals surface area contributed by atoms with E-state index in [9.17, 15) is 19.5 Å². The molecule has 0 aliphatic carbocycles. The molecule has 1 atom stereocenters. The fourth-order valence-electron chi connectivity index (χ4n) is 4.20. The van der Waals surface area contributed by atoms with Gasteiger partial charge in [0.2, 0.25) is 0 Å². The Kier molecular flexibility index (Phi) is 7.00. The Morgan fingerprint density at radius 2 is 1.83 bits per heavy atom. The predicted octanol–water partition coefficient (Wildman–Crippen LogP) is 3.74. The average Bonchev–Trinajstić information content (AvgIpc) is 2.79. The summed E-state index contributed by atoms with van der Waals surface area (Å²) >= 11 is 6.05. The molecule has 2 aliphatic rings. The highest BCUT2D eigenvalue weighted by Gasteiger charge is 2.25. The van der Waals surface area contributed by atoms with Crippen LogP contribution in [0.3, 0.4) is 0 Å². The van der Waals surface area contributed by atoms with Gasteiger partial charge in [0.1, 0.15) is 0 Å². The van der Waals surface area contributed by atoms with Crippen LogP contribution in [-0.2, 0) is 11.3 Å². The zero-order valence-corrected chi connectivity index (χ0v) is 20.5. The third-order valence-corrected chi connectivity index (χ3v) is 6.45. The highest BCUT2D eigenvalue weighted by Crippen LogP contribution is 2.30. The number of hydrogen-bond donors (Lipinski definition) is 2. The van der Waals surface area contributed by atoms with Crippen LogP contribution in [0.2, 0.25) is 5.02 Å². The zero-order valence-electron chi connectivity index (χ0n) is 19.7. The molecule has 10 heteroatoms. The number of halogens is 1. The monoisotopic (exact) mass is 495 g/mol. The van der Waals surface area contributed by atoms with Gasteiger partial charge >= 0.3 is 11.7 Å². The first-order chi connectivity index (χ1) is 16.6. The topological polar surface area (TPSA) is 121 Å². The minimum absolute atomic E-state index is 0.0211. The van der Waals surface area contributed by atoms with E-state index in [2.05, 4.69) is 19.9 Å². The molecule has 0 saturated heterocycles. The molecule has 0 saturated carbocycles. The van der Waals surface area contributed by atoms with Crippen LogP contribution < -0.4 is 11.2 Å². The van der Waals surface area contributed by atoms with E-state index in [1.807, 2.05) is 49.6 Å². The molecule has 0 fully saturated rings. The predicted molar refractivity (Wildman–Crippen MR) is 134 cm³/mol. The van der Waals surface area contributed by atoms with Gasteiger partial charge < -0.3 is 9.67 Å². The maximum Gasteiger partial charge on any atom is 0.349 e. The number of nitrogens with zero attached hydrogens (tertiary/aromatic N) is 4. The first-order valence-electron chi connectivity index (χ1n) is 11.3. The Morgan fingerprint density at radius 1 is 1.14 bits per heavy atom. The number of carboxylic acids is 1. The highest BCUT2D eigenvalue weighted by molar-refractivity contribution is 6.30. The number of carboxylic acid groups (broad SMARTS) is 1. The molecule has 4 rings (SSSR count). The summed E-state index contributed by atoms with van der Waals surface area (Å²) in [4.78, 5) is 48.9. The summed E-state index contributed by atoms with van der Waals surface area (Å²) in [6.07, 6.45) is 0.0596. The Hall–Kier alpha value is -3.56. The number of fused-ring (bicyclic) bond motifs is 2. The van der Waals surface area contributed by atoms with Crippen molar-refractivity contribution in [1.82, 2.24) is 24.4 Å². The first kappa shape index (κ1) is 24.6. The number of aromatic amines is 1. The number of aromatic nitrogens is 4. The second-order valence-corrected chi connectivity index (χ2v) is 9.11. The standard InChI is InChI=1S/C25H26ClN5O4/c1-14-11-19-20(12-15(14)2)31(23-22(27-19)24(34)29-25(35)28-23)16(3)30(10-4-5-21(32)33)13-17-6-8-18(26)9-7-17/h6-9,11-12,16H,4-5,10,13H2,1-3H3,(H,32,33)(H,29,34,35). The smallest absolute Gasteiger partial charge is 0.349 e. The molecule has 0 amide bonds. The van der Waals surface area contributed by atoms with Gasteiger partial charge in [-0.25, -0.2) is 9.78 Å². The van der Waals surface area contributed by atoms with Gasteiger partial charge in [-0.2, -0.15) is 4.98 Å². The van der Waals surface area contributed by atoms with Crippen LogP contribution in [0.1, 0.15) is 42.6 Å². The number of rotatable bonds is 8. The quantitative estimate of drug-likeness (QED) is 0.357. The van der Waals surface area contributed by atoms with Crippen LogP contribution in [0.15, 0.2) is 46.0 Å². The maximum atomic E-state index is 12.6. The molecule has 0 radical (unpaired) electrons. The van der Waals surface area contributed by atoms with Crippen molar-refractivity contribution in [1.29, 1.82) is 0 Å². The summed E-state index contributed by atoms with van der Waals surface area (Å²) in [6.45, 7) is 6.85. The fourth-order valence-corrected chi connectivity index (χ4v) is 4.33. The van der Waals surface area contributed by atoms with Gasteiger partial charge in [0.05, 0.1) is 17.2 Å². The fraction of sp³-hybridized carbons (Fsp3) is 0.320. The van der Waals surface area contributed by atoms with Gasteiger partial charge in [-0.1, -0.05) is 23.7 Å². The van der Waals surface area contributed by atoms with E-state index in [1.54, 1.807) is 12.1 Å². The lowest BCUT2D eigenvalue weighted by molar-refractivity contribution is -0.137. The Morgan fingerprint density at radius 3 is 2.51 bits per heavy atom. The van der Waals surface area contributed by atoms with E-state index < -0.39 is 17.2 Å². The van der Waals surface area contributed by atoms with Crippen molar-refractivity contribution >= 4 is 28.6 Å². The molecule has 182 valence electrons. The third-order valence-electron chi connectivity index (χ3n) is 6.20. The summed E-state index contributed by atoms with van der Waals surface area (Å²) in [5.41, 5.74) is 3.10. The molecule has 2 heterocycles. The number of nitrogens with one attached hydrogen (secondary N) is 1. The molecule has 9 nitrogen and oxygen atoms in total. The van der Waals surface area contributed by atoms with Crippen LogP contribution >= 0.6 is 11.6 Å². The van der Waals surface area contributed by atoms with E-state index in [1.165, 1.54) is 0 Å². The number of aryl methyl sites for hydroxylation is 2. The lowest BCUT2D eigenvalue weighted by Crippen LogP contribution is -2.36. The lowest BCUT2D eigenvalue weighted by atomic mass is 10.1. The Balaban J connectivity index is 1.89. The van der Waals surface area contributed by atoms with Crippen LogP contribution in [-0.4, -0.2) is 42.0 Å². The maximum absolute atomic E-state index is 12.6. The van der Waals surface area contributed by atoms with Crippen LogP contribution in [0.4, 0.5) is 0 Å². The van der Waals surface area contributed by atoms with E-state index in [0.717, 1.165) is 22.2 Å². The van der Waals surface area contributed by atoms with Crippen molar-refractivity contribution in [2.45, 2.75) is 46.3 Å². The highest BCUT2D eigenvalue weighted by atomic mass is 35.5. The van der Waals surface area contributed by atoms with Crippen molar-refractivity contribution in [3.05, 3.63) is 78.9 Å². The second kappa shape index (κ2) is 9.97. The molecule has 2 aromatic carbocycles. The number of aliphatic carboxylic acids is 1. The summed E-state index contributed by atoms with van der Waals surface area (Å²) < 4.78 is 1.84. The molecular weight excluding hydrogens is 470 g/mol. The number of benzene rings is 2. The van der Waals surface area contributed by atoms with Gasteiger partial charge in [-0.15, -0.1) is 0 Å². The molecule has 2 aliphatic heterocycles.